The van der Waals surface area contributed by atoms with Gasteiger partial charge in [0.2, 0.25) is 0 Å². The number of rotatable bonds is 4. The first kappa shape index (κ1) is 13.5. The lowest BCUT2D eigenvalue weighted by Crippen LogP contribution is -2.03. The minimum absolute atomic E-state index is 0.559. The van der Waals surface area contributed by atoms with Crippen molar-refractivity contribution in [1.82, 2.24) is 9.55 Å². The van der Waals surface area contributed by atoms with E-state index in [0.717, 1.165) is 11.4 Å². The summed E-state index contributed by atoms with van der Waals surface area (Å²) in [7, 11) is 1.60. The fourth-order valence-electron chi connectivity index (χ4n) is 2.03. The molecule has 0 aliphatic rings. The van der Waals surface area contributed by atoms with Crippen molar-refractivity contribution in [1.29, 1.82) is 0 Å². The standard InChI is InChI=1S/C14H16ClN3O/c1-4-8-18-9(2)17-13(14(18)16)12-10(15)6-5-7-11(12)19-3/h4-7H,1,8,16H2,2-3H3. The number of allylic oxidation sites excluding steroid dienone is 1. The highest BCUT2D eigenvalue weighted by molar-refractivity contribution is 6.33. The lowest BCUT2D eigenvalue weighted by Gasteiger charge is -2.09. The summed E-state index contributed by atoms with van der Waals surface area (Å²) in [5.41, 5.74) is 7.51. The van der Waals surface area contributed by atoms with E-state index in [1.54, 1.807) is 19.3 Å². The van der Waals surface area contributed by atoms with Gasteiger partial charge in [-0.2, -0.15) is 0 Å². The summed E-state index contributed by atoms with van der Waals surface area (Å²) >= 11 is 6.25. The molecule has 2 rings (SSSR count). The van der Waals surface area contributed by atoms with E-state index in [1.807, 2.05) is 23.6 Å². The van der Waals surface area contributed by atoms with Crippen LogP contribution >= 0.6 is 11.6 Å². The Morgan fingerprint density at radius 3 is 2.89 bits per heavy atom. The number of methoxy groups -OCH3 is 1. The van der Waals surface area contributed by atoms with Crippen LogP contribution in [0.15, 0.2) is 30.9 Å². The number of aromatic nitrogens is 2. The third-order valence-corrected chi connectivity index (χ3v) is 3.26. The van der Waals surface area contributed by atoms with Crippen LogP contribution in [0.4, 0.5) is 5.82 Å². The molecule has 1 aromatic carbocycles. The number of aryl methyl sites for hydroxylation is 1. The molecule has 0 aliphatic carbocycles. The van der Waals surface area contributed by atoms with Crippen LogP contribution in [-0.2, 0) is 6.54 Å². The van der Waals surface area contributed by atoms with Gasteiger partial charge in [-0.15, -0.1) is 6.58 Å². The third kappa shape index (κ3) is 2.31. The van der Waals surface area contributed by atoms with Gasteiger partial charge in [-0.25, -0.2) is 4.98 Å². The maximum absolute atomic E-state index is 6.25. The number of hydrogen-bond donors (Lipinski definition) is 1. The van der Waals surface area contributed by atoms with Crippen LogP contribution in [0, 0.1) is 6.92 Å². The lowest BCUT2D eigenvalue weighted by molar-refractivity contribution is 0.416. The van der Waals surface area contributed by atoms with Crippen molar-refractivity contribution in [3.05, 3.63) is 41.7 Å². The number of nitrogen functional groups attached to an aromatic ring is 1. The lowest BCUT2D eigenvalue weighted by atomic mass is 10.1. The van der Waals surface area contributed by atoms with Crippen molar-refractivity contribution in [2.75, 3.05) is 12.8 Å². The topological polar surface area (TPSA) is 53.1 Å². The number of imidazole rings is 1. The molecule has 2 N–H and O–H groups in total. The first-order valence-electron chi connectivity index (χ1n) is 5.86. The Kier molecular flexibility index (Phi) is 3.81. The molecule has 2 aromatic rings. The van der Waals surface area contributed by atoms with E-state index in [9.17, 15) is 0 Å². The van der Waals surface area contributed by atoms with Crippen LogP contribution < -0.4 is 10.5 Å². The van der Waals surface area contributed by atoms with Gasteiger partial charge in [0.05, 0.1) is 17.7 Å². The van der Waals surface area contributed by atoms with Crippen LogP contribution in [0.25, 0.3) is 11.3 Å². The summed E-state index contributed by atoms with van der Waals surface area (Å²) in [6.45, 7) is 6.22. The van der Waals surface area contributed by atoms with E-state index in [1.165, 1.54) is 0 Å². The van der Waals surface area contributed by atoms with Crippen LogP contribution in [-0.4, -0.2) is 16.7 Å². The molecule has 0 bridgehead atoms. The Morgan fingerprint density at radius 1 is 1.53 bits per heavy atom. The zero-order valence-electron chi connectivity index (χ0n) is 11.0. The SMILES string of the molecule is C=CCn1c(C)nc(-c2c(Cl)cccc2OC)c1N. The smallest absolute Gasteiger partial charge is 0.132 e. The van der Waals surface area contributed by atoms with Crippen LogP contribution in [0.1, 0.15) is 5.82 Å². The second-order valence-corrected chi connectivity index (χ2v) is 4.52. The number of benzene rings is 1. The Labute approximate surface area is 117 Å². The average molecular weight is 278 g/mol. The zero-order chi connectivity index (χ0) is 14.0. The number of anilines is 1. The second kappa shape index (κ2) is 5.36. The summed E-state index contributed by atoms with van der Waals surface area (Å²) in [6.07, 6.45) is 1.78. The largest absolute Gasteiger partial charge is 0.496 e. The van der Waals surface area contributed by atoms with E-state index in [-0.39, 0.29) is 0 Å². The highest BCUT2D eigenvalue weighted by Gasteiger charge is 2.19. The molecule has 4 nitrogen and oxygen atoms in total. The fourth-order valence-corrected chi connectivity index (χ4v) is 2.28. The van der Waals surface area contributed by atoms with Gasteiger partial charge < -0.3 is 15.0 Å². The monoisotopic (exact) mass is 277 g/mol. The van der Waals surface area contributed by atoms with Crippen molar-refractivity contribution in [2.24, 2.45) is 0 Å². The van der Waals surface area contributed by atoms with E-state index in [4.69, 9.17) is 22.1 Å². The Balaban J connectivity index is 2.66. The first-order valence-corrected chi connectivity index (χ1v) is 6.24. The molecule has 0 spiro atoms. The molecule has 1 aromatic heterocycles. The fraction of sp³-hybridized carbons (Fsp3) is 0.214. The molecular weight excluding hydrogens is 262 g/mol. The normalized spacial score (nSPS) is 10.5. The molecule has 0 aliphatic heterocycles. The molecule has 100 valence electrons. The Hall–Kier alpha value is -1.94. The highest BCUT2D eigenvalue weighted by Crippen LogP contribution is 2.38. The molecule has 0 saturated heterocycles. The summed E-state index contributed by atoms with van der Waals surface area (Å²) in [5, 5.41) is 0.564. The van der Waals surface area contributed by atoms with Gasteiger partial charge in [0.1, 0.15) is 23.1 Å². The average Bonchev–Trinajstić information content (AvgIpc) is 2.66. The van der Waals surface area contributed by atoms with Gasteiger partial charge in [0, 0.05) is 6.54 Å². The predicted molar refractivity (Wildman–Crippen MR) is 78.6 cm³/mol. The van der Waals surface area contributed by atoms with Crippen molar-refractivity contribution in [3.8, 4) is 17.0 Å². The number of hydrogen-bond acceptors (Lipinski definition) is 3. The molecule has 1 heterocycles. The Morgan fingerprint density at radius 2 is 2.26 bits per heavy atom. The van der Waals surface area contributed by atoms with Crippen molar-refractivity contribution < 1.29 is 4.74 Å². The molecule has 5 heteroatoms. The van der Waals surface area contributed by atoms with Gasteiger partial charge in [-0.05, 0) is 19.1 Å². The van der Waals surface area contributed by atoms with Crippen LogP contribution in [0.5, 0.6) is 5.75 Å². The first-order chi connectivity index (χ1) is 9.10. The highest BCUT2D eigenvalue weighted by atomic mass is 35.5. The van der Waals surface area contributed by atoms with Crippen molar-refractivity contribution >= 4 is 17.4 Å². The summed E-state index contributed by atoms with van der Waals surface area (Å²) in [5.74, 6) is 2.03. The van der Waals surface area contributed by atoms with E-state index in [2.05, 4.69) is 11.6 Å². The van der Waals surface area contributed by atoms with E-state index in [0.29, 0.717) is 28.8 Å². The molecule has 19 heavy (non-hydrogen) atoms. The van der Waals surface area contributed by atoms with Crippen LogP contribution in [0.2, 0.25) is 5.02 Å². The second-order valence-electron chi connectivity index (χ2n) is 4.11. The molecule has 0 unspecified atom stereocenters. The molecule has 0 amide bonds. The molecule has 0 fully saturated rings. The minimum atomic E-state index is 0.559. The minimum Gasteiger partial charge on any atom is -0.496 e. The van der Waals surface area contributed by atoms with Crippen molar-refractivity contribution in [3.63, 3.8) is 0 Å². The van der Waals surface area contributed by atoms with Gasteiger partial charge in [-0.1, -0.05) is 23.7 Å². The molecule has 0 radical (unpaired) electrons. The van der Waals surface area contributed by atoms with Gasteiger partial charge >= 0.3 is 0 Å². The van der Waals surface area contributed by atoms with E-state index >= 15 is 0 Å². The van der Waals surface area contributed by atoms with Gasteiger partial charge in [-0.3, -0.25) is 0 Å². The maximum Gasteiger partial charge on any atom is 0.132 e. The van der Waals surface area contributed by atoms with Crippen LogP contribution in [0.3, 0.4) is 0 Å². The summed E-state index contributed by atoms with van der Waals surface area (Å²) in [6, 6.07) is 5.46. The number of halogens is 1. The van der Waals surface area contributed by atoms with Gasteiger partial charge in [0.25, 0.3) is 0 Å². The van der Waals surface area contributed by atoms with Gasteiger partial charge in [0.15, 0.2) is 0 Å². The predicted octanol–water partition coefficient (Wildman–Crippen LogP) is 3.29. The quantitative estimate of drug-likeness (QED) is 0.873. The summed E-state index contributed by atoms with van der Waals surface area (Å²) < 4.78 is 7.22. The third-order valence-electron chi connectivity index (χ3n) is 2.94. The zero-order valence-corrected chi connectivity index (χ0v) is 11.7. The number of nitrogens with zero attached hydrogens (tertiary/aromatic N) is 2. The number of ether oxygens (including phenoxy) is 1. The summed E-state index contributed by atoms with van der Waals surface area (Å²) in [4.78, 5) is 4.49. The Bertz CT molecular complexity index is 619. The van der Waals surface area contributed by atoms with E-state index < -0.39 is 0 Å². The molecule has 0 atom stereocenters. The molecule has 0 saturated carbocycles. The number of nitrogens with two attached hydrogens (primary N) is 1. The maximum atomic E-state index is 6.25. The molecular formula is C14H16ClN3O. The van der Waals surface area contributed by atoms with Crippen molar-refractivity contribution in [2.45, 2.75) is 13.5 Å².